The predicted molar refractivity (Wildman–Crippen MR) is 75.8 cm³/mol. The summed E-state index contributed by atoms with van der Waals surface area (Å²) in [6.07, 6.45) is 1.64. The molecule has 0 saturated heterocycles. The SMILES string of the molecule is Cc1[nH]c2ncn(-c3cccc(Cl)c3)c(=N)c2c1C. The molecule has 2 N–H and O–H groups in total. The first-order valence-corrected chi connectivity index (χ1v) is 6.33. The highest BCUT2D eigenvalue weighted by molar-refractivity contribution is 6.30. The Morgan fingerprint density at radius 2 is 2.11 bits per heavy atom. The van der Waals surface area contributed by atoms with Crippen LogP contribution >= 0.6 is 11.6 Å². The first-order valence-electron chi connectivity index (χ1n) is 5.95. The molecule has 0 atom stereocenters. The lowest BCUT2D eigenvalue weighted by Crippen LogP contribution is -2.19. The maximum Gasteiger partial charge on any atom is 0.143 e. The van der Waals surface area contributed by atoms with Crippen LogP contribution in [0.3, 0.4) is 0 Å². The highest BCUT2D eigenvalue weighted by Gasteiger charge is 2.10. The van der Waals surface area contributed by atoms with Gasteiger partial charge in [0.1, 0.15) is 17.5 Å². The number of hydrogen-bond donors (Lipinski definition) is 2. The zero-order chi connectivity index (χ0) is 13.6. The van der Waals surface area contributed by atoms with E-state index in [1.54, 1.807) is 10.9 Å². The van der Waals surface area contributed by atoms with Crippen LogP contribution in [0.4, 0.5) is 0 Å². The van der Waals surface area contributed by atoms with Crippen molar-refractivity contribution < 1.29 is 0 Å². The van der Waals surface area contributed by atoms with Gasteiger partial charge >= 0.3 is 0 Å². The van der Waals surface area contributed by atoms with Gasteiger partial charge in [-0.2, -0.15) is 0 Å². The van der Waals surface area contributed by atoms with Gasteiger partial charge in [-0.15, -0.1) is 0 Å². The summed E-state index contributed by atoms with van der Waals surface area (Å²) in [5.41, 5.74) is 4.10. The van der Waals surface area contributed by atoms with Crippen LogP contribution < -0.4 is 5.49 Å². The van der Waals surface area contributed by atoms with Gasteiger partial charge in [0, 0.05) is 16.4 Å². The van der Waals surface area contributed by atoms with Crippen molar-refractivity contribution in [2.75, 3.05) is 0 Å². The highest BCUT2D eigenvalue weighted by atomic mass is 35.5. The quantitative estimate of drug-likeness (QED) is 0.703. The Bertz CT molecular complexity index is 829. The lowest BCUT2D eigenvalue weighted by molar-refractivity contribution is 0.908. The van der Waals surface area contributed by atoms with Gasteiger partial charge in [0.15, 0.2) is 0 Å². The van der Waals surface area contributed by atoms with E-state index in [9.17, 15) is 0 Å². The molecular weight excluding hydrogens is 260 g/mol. The minimum atomic E-state index is 0.411. The fourth-order valence-electron chi connectivity index (χ4n) is 2.20. The molecule has 0 bridgehead atoms. The number of benzene rings is 1. The number of aromatic amines is 1. The van der Waals surface area contributed by atoms with Crippen LogP contribution in [-0.4, -0.2) is 14.5 Å². The van der Waals surface area contributed by atoms with E-state index < -0.39 is 0 Å². The molecule has 0 spiro atoms. The van der Waals surface area contributed by atoms with Crippen LogP contribution in [0.2, 0.25) is 5.02 Å². The van der Waals surface area contributed by atoms with Crippen molar-refractivity contribution in [3.63, 3.8) is 0 Å². The fraction of sp³-hybridized carbons (Fsp3) is 0.143. The van der Waals surface area contributed by atoms with Gasteiger partial charge in [-0.3, -0.25) is 9.98 Å². The van der Waals surface area contributed by atoms with Crippen molar-refractivity contribution >= 4 is 22.6 Å². The monoisotopic (exact) mass is 272 g/mol. The third-order valence-electron chi connectivity index (χ3n) is 3.35. The number of rotatable bonds is 1. The lowest BCUT2D eigenvalue weighted by Gasteiger charge is -2.07. The summed E-state index contributed by atoms with van der Waals surface area (Å²) in [6.45, 7) is 3.98. The molecule has 0 radical (unpaired) electrons. The molecule has 0 amide bonds. The van der Waals surface area contributed by atoms with E-state index in [2.05, 4.69) is 9.97 Å². The van der Waals surface area contributed by atoms with Crippen LogP contribution in [0.15, 0.2) is 30.6 Å². The second-order valence-corrected chi connectivity index (χ2v) is 4.98. The molecule has 0 saturated carbocycles. The first-order chi connectivity index (χ1) is 9.08. The number of nitrogens with one attached hydrogen (secondary N) is 2. The summed E-state index contributed by atoms with van der Waals surface area (Å²) in [5, 5.41) is 9.85. The Labute approximate surface area is 115 Å². The van der Waals surface area contributed by atoms with E-state index >= 15 is 0 Å². The van der Waals surface area contributed by atoms with Gasteiger partial charge in [0.25, 0.3) is 0 Å². The number of H-pyrrole nitrogens is 1. The van der Waals surface area contributed by atoms with Crippen molar-refractivity contribution in [1.29, 1.82) is 5.41 Å². The maximum atomic E-state index is 8.36. The van der Waals surface area contributed by atoms with Crippen LogP contribution in [0.1, 0.15) is 11.3 Å². The van der Waals surface area contributed by atoms with Crippen molar-refractivity contribution in [2.24, 2.45) is 0 Å². The van der Waals surface area contributed by atoms with Gasteiger partial charge in [-0.25, -0.2) is 4.98 Å². The average Bonchev–Trinajstić information content (AvgIpc) is 2.66. The van der Waals surface area contributed by atoms with Crippen molar-refractivity contribution in [2.45, 2.75) is 13.8 Å². The van der Waals surface area contributed by atoms with Gasteiger partial charge in [0.05, 0.1) is 5.39 Å². The molecule has 2 aromatic heterocycles. The molecule has 3 aromatic rings. The third-order valence-corrected chi connectivity index (χ3v) is 3.58. The van der Waals surface area contributed by atoms with Crippen LogP contribution in [0.5, 0.6) is 0 Å². The van der Waals surface area contributed by atoms with Crippen LogP contribution in [0.25, 0.3) is 16.7 Å². The normalized spacial score (nSPS) is 11.1. The predicted octanol–water partition coefficient (Wildman–Crippen LogP) is 3.10. The lowest BCUT2D eigenvalue weighted by atomic mass is 10.2. The zero-order valence-corrected chi connectivity index (χ0v) is 11.4. The van der Waals surface area contributed by atoms with Gasteiger partial charge in [-0.05, 0) is 37.6 Å². The number of halogens is 1. The number of fused-ring (bicyclic) bond motifs is 1. The second kappa shape index (κ2) is 4.24. The summed E-state index contributed by atoms with van der Waals surface area (Å²) in [4.78, 5) is 7.56. The molecule has 0 aliphatic heterocycles. The molecule has 3 rings (SSSR count). The summed E-state index contributed by atoms with van der Waals surface area (Å²) < 4.78 is 1.73. The highest BCUT2D eigenvalue weighted by Crippen LogP contribution is 2.17. The van der Waals surface area contributed by atoms with E-state index in [-0.39, 0.29) is 0 Å². The molecule has 0 aliphatic carbocycles. The topological polar surface area (TPSA) is 57.5 Å². The first kappa shape index (κ1) is 12.0. The smallest absolute Gasteiger partial charge is 0.143 e. The Morgan fingerprint density at radius 1 is 1.32 bits per heavy atom. The van der Waals surface area contributed by atoms with Crippen molar-refractivity contribution in [1.82, 2.24) is 14.5 Å². The Kier molecular flexibility index (Phi) is 2.68. The fourth-order valence-corrected chi connectivity index (χ4v) is 2.39. The minimum Gasteiger partial charge on any atom is -0.343 e. The number of hydrogen-bond acceptors (Lipinski definition) is 2. The molecule has 19 heavy (non-hydrogen) atoms. The summed E-state index contributed by atoms with van der Waals surface area (Å²) in [7, 11) is 0. The third kappa shape index (κ3) is 1.85. The Balaban J connectivity index is 2.35. The van der Waals surface area contributed by atoms with Crippen molar-refractivity contribution in [3.8, 4) is 5.69 Å². The summed E-state index contributed by atoms with van der Waals surface area (Å²) in [5.74, 6) is 0. The van der Waals surface area contributed by atoms with E-state index in [0.29, 0.717) is 10.5 Å². The van der Waals surface area contributed by atoms with Crippen LogP contribution in [-0.2, 0) is 0 Å². The number of aryl methyl sites for hydroxylation is 2. The molecule has 1 aromatic carbocycles. The van der Waals surface area contributed by atoms with Gasteiger partial charge in [-0.1, -0.05) is 17.7 Å². The van der Waals surface area contributed by atoms with Gasteiger partial charge < -0.3 is 4.98 Å². The molecule has 0 fully saturated rings. The molecule has 4 nitrogen and oxygen atoms in total. The van der Waals surface area contributed by atoms with Crippen LogP contribution in [0, 0.1) is 19.3 Å². The minimum absolute atomic E-state index is 0.411. The molecular formula is C14H13ClN4. The standard InChI is InChI=1S/C14H13ClN4/c1-8-9(2)18-14-12(8)13(16)19(7-17-14)11-5-3-4-10(15)6-11/h3-7,16,18H,1-2H3. The van der Waals surface area contributed by atoms with Gasteiger partial charge in [0.2, 0.25) is 0 Å². The summed E-state index contributed by atoms with van der Waals surface area (Å²) in [6, 6.07) is 7.41. The Hall–Kier alpha value is -2.07. The van der Waals surface area contributed by atoms with E-state index in [1.165, 1.54) is 0 Å². The average molecular weight is 273 g/mol. The van der Waals surface area contributed by atoms with E-state index in [1.807, 2.05) is 38.1 Å². The summed E-state index contributed by atoms with van der Waals surface area (Å²) >= 11 is 6.00. The molecule has 5 heteroatoms. The zero-order valence-electron chi connectivity index (χ0n) is 10.7. The molecule has 0 aliphatic rings. The van der Waals surface area contributed by atoms with E-state index in [0.717, 1.165) is 28.0 Å². The molecule has 0 unspecified atom stereocenters. The molecule has 96 valence electrons. The number of aromatic nitrogens is 3. The van der Waals surface area contributed by atoms with E-state index in [4.69, 9.17) is 17.0 Å². The van der Waals surface area contributed by atoms with Crippen molar-refractivity contribution in [3.05, 3.63) is 52.4 Å². The maximum absolute atomic E-state index is 8.36. The Morgan fingerprint density at radius 3 is 2.84 bits per heavy atom. The largest absolute Gasteiger partial charge is 0.343 e. The molecule has 2 heterocycles. The second-order valence-electron chi connectivity index (χ2n) is 4.54. The number of nitrogens with zero attached hydrogens (tertiary/aromatic N) is 2.